The molecular weight excluding hydrogens is 252 g/mol. The number of benzene rings is 2. The Morgan fingerprint density at radius 2 is 1.40 bits per heavy atom. The van der Waals surface area contributed by atoms with Crippen molar-refractivity contribution in [1.29, 1.82) is 0 Å². The number of phenols is 3. The van der Waals surface area contributed by atoms with Crippen LogP contribution in [0, 0.1) is 0 Å². The van der Waals surface area contributed by atoms with E-state index in [0.29, 0.717) is 17.6 Å². The Bertz CT molecular complexity index is 706. The average Bonchev–Trinajstić information content (AvgIpc) is 2.41. The Morgan fingerprint density at radius 1 is 0.750 bits per heavy atom. The van der Waals surface area contributed by atoms with Gasteiger partial charge in [-0.15, -0.1) is 0 Å². The molecule has 0 fully saturated rings. The van der Waals surface area contributed by atoms with Crippen molar-refractivity contribution in [3.05, 3.63) is 52.6 Å². The van der Waals surface area contributed by atoms with Crippen LogP contribution in [0.15, 0.2) is 30.3 Å². The molecule has 2 aliphatic carbocycles. The lowest BCUT2D eigenvalue weighted by atomic mass is 9.67. The van der Waals surface area contributed by atoms with E-state index in [2.05, 4.69) is 0 Å². The van der Waals surface area contributed by atoms with E-state index in [4.69, 9.17) is 0 Å². The molecule has 2 bridgehead atoms. The fourth-order valence-electron chi connectivity index (χ4n) is 3.88. The number of rotatable bonds is 0. The van der Waals surface area contributed by atoms with E-state index in [1.165, 1.54) is 11.1 Å². The van der Waals surface area contributed by atoms with Crippen molar-refractivity contribution in [2.45, 2.75) is 31.1 Å². The van der Waals surface area contributed by atoms with E-state index in [1.54, 1.807) is 18.2 Å². The molecule has 2 unspecified atom stereocenters. The highest BCUT2D eigenvalue weighted by Gasteiger charge is 2.34. The highest BCUT2D eigenvalue weighted by atomic mass is 16.3. The summed E-state index contributed by atoms with van der Waals surface area (Å²) in [4.78, 5) is 0. The van der Waals surface area contributed by atoms with Crippen LogP contribution in [0.3, 0.4) is 0 Å². The number of aromatic hydroxyl groups is 3. The van der Waals surface area contributed by atoms with Gasteiger partial charge >= 0.3 is 0 Å². The molecule has 0 saturated heterocycles. The van der Waals surface area contributed by atoms with E-state index >= 15 is 0 Å². The van der Waals surface area contributed by atoms with Gasteiger partial charge in [0.05, 0.1) is 0 Å². The zero-order valence-electron chi connectivity index (χ0n) is 11.0. The van der Waals surface area contributed by atoms with Gasteiger partial charge in [0.15, 0.2) is 11.5 Å². The van der Waals surface area contributed by atoms with Gasteiger partial charge in [-0.2, -0.15) is 0 Å². The molecule has 4 rings (SSSR count). The molecule has 2 aliphatic rings. The van der Waals surface area contributed by atoms with Crippen LogP contribution in [0.25, 0.3) is 0 Å². The largest absolute Gasteiger partial charge is 0.508 e. The summed E-state index contributed by atoms with van der Waals surface area (Å²) in [6, 6.07) is 9.05. The Kier molecular flexibility index (Phi) is 2.28. The van der Waals surface area contributed by atoms with Crippen molar-refractivity contribution in [3.63, 3.8) is 0 Å². The van der Waals surface area contributed by atoms with Gasteiger partial charge in [0, 0.05) is 0 Å². The van der Waals surface area contributed by atoms with Crippen LogP contribution in [0.5, 0.6) is 17.2 Å². The monoisotopic (exact) mass is 268 g/mol. The summed E-state index contributed by atoms with van der Waals surface area (Å²) in [6.45, 7) is 0. The maximum atomic E-state index is 9.72. The third-order valence-electron chi connectivity index (χ3n) is 4.74. The number of fused-ring (bicyclic) bond motifs is 6. The zero-order chi connectivity index (χ0) is 13.9. The molecule has 2 atom stereocenters. The highest BCUT2D eigenvalue weighted by Crippen LogP contribution is 2.49. The van der Waals surface area contributed by atoms with Gasteiger partial charge < -0.3 is 15.3 Å². The molecule has 0 amide bonds. The maximum absolute atomic E-state index is 9.72. The topological polar surface area (TPSA) is 60.7 Å². The molecular formula is C17H16O3. The van der Waals surface area contributed by atoms with Gasteiger partial charge in [0.2, 0.25) is 0 Å². The summed E-state index contributed by atoms with van der Waals surface area (Å²) >= 11 is 0. The third kappa shape index (κ3) is 1.59. The van der Waals surface area contributed by atoms with Crippen LogP contribution >= 0.6 is 0 Å². The minimum Gasteiger partial charge on any atom is -0.508 e. The standard InChI is InChI=1S/C17H16O3/c18-13-1-2-14-9-3-10(5-11(14)6-13)15-8-17(20)16(19)7-12(15)4-9/h1-2,6-10,18-20H,3-5H2. The molecule has 0 aliphatic heterocycles. The molecule has 102 valence electrons. The summed E-state index contributed by atoms with van der Waals surface area (Å²) in [7, 11) is 0. The quantitative estimate of drug-likeness (QED) is 0.643. The number of hydrogen-bond donors (Lipinski definition) is 3. The molecule has 3 nitrogen and oxygen atoms in total. The van der Waals surface area contributed by atoms with E-state index in [1.807, 2.05) is 12.1 Å². The van der Waals surface area contributed by atoms with Gasteiger partial charge in [0.25, 0.3) is 0 Å². The second-order valence-corrected chi connectivity index (χ2v) is 5.96. The minimum atomic E-state index is -0.0381. The second-order valence-electron chi connectivity index (χ2n) is 5.96. The van der Waals surface area contributed by atoms with Crippen LogP contribution in [-0.2, 0) is 12.8 Å². The third-order valence-corrected chi connectivity index (χ3v) is 4.74. The predicted molar refractivity (Wildman–Crippen MR) is 75.4 cm³/mol. The summed E-state index contributed by atoms with van der Waals surface area (Å²) in [6.07, 6.45) is 2.85. The first kappa shape index (κ1) is 11.6. The first-order valence-electron chi connectivity index (χ1n) is 6.98. The molecule has 2 aromatic carbocycles. The van der Waals surface area contributed by atoms with E-state index in [9.17, 15) is 15.3 Å². The Morgan fingerprint density at radius 3 is 2.20 bits per heavy atom. The average molecular weight is 268 g/mol. The maximum Gasteiger partial charge on any atom is 0.157 e. The first-order valence-corrected chi connectivity index (χ1v) is 6.98. The molecule has 0 heterocycles. The van der Waals surface area contributed by atoms with Crippen molar-refractivity contribution in [2.75, 3.05) is 0 Å². The lowest BCUT2D eigenvalue weighted by Crippen LogP contribution is -2.24. The summed E-state index contributed by atoms with van der Waals surface area (Å²) in [5.41, 5.74) is 4.81. The Labute approximate surface area is 117 Å². The first-order chi connectivity index (χ1) is 9.61. The number of phenolic OH excluding ortho intramolecular Hbond substituents is 3. The molecule has 0 spiro atoms. The summed E-state index contributed by atoms with van der Waals surface area (Å²) in [5.74, 6) is 1.06. The van der Waals surface area contributed by atoms with Gasteiger partial charge in [-0.3, -0.25) is 0 Å². The van der Waals surface area contributed by atoms with Crippen molar-refractivity contribution in [1.82, 2.24) is 0 Å². The molecule has 0 aromatic heterocycles. The SMILES string of the molecule is Oc1ccc2c(c1)CC1CC2Cc2cc(O)c(O)cc21. The zero-order valence-corrected chi connectivity index (χ0v) is 11.0. The minimum absolute atomic E-state index is 0.0327. The van der Waals surface area contributed by atoms with Crippen LogP contribution in [-0.4, -0.2) is 15.3 Å². The fraction of sp³-hybridized carbons (Fsp3) is 0.294. The van der Waals surface area contributed by atoms with Crippen molar-refractivity contribution in [2.24, 2.45) is 0 Å². The van der Waals surface area contributed by atoms with Crippen LogP contribution < -0.4 is 0 Å². The highest BCUT2D eigenvalue weighted by molar-refractivity contribution is 5.52. The smallest absolute Gasteiger partial charge is 0.157 e. The predicted octanol–water partition coefficient (Wildman–Crippen LogP) is 3.17. The van der Waals surface area contributed by atoms with Gasteiger partial charge in [0.1, 0.15) is 5.75 Å². The molecule has 0 radical (unpaired) electrons. The van der Waals surface area contributed by atoms with Crippen LogP contribution in [0.4, 0.5) is 0 Å². The molecule has 0 saturated carbocycles. The van der Waals surface area contributed by atoms with Crippen molar-refractivity contribution >= 4 is 0 Å². The Balaban J connectivity index is 1.84. The van der Waals surface area contributed by atoms with Crippen molar-refractivity contribution < 1.29 is 15.3 Å². The normalized spacial score (nSPS) is 23.0. The van der Waals surface area contributed by atoms with Gasteiger partial charge in [-0.1, -0.05) is 6.07 Å². The fourth-order valence-corrected chi connectivity index (χ4v) is 3.88. The second kappa shape index (κ2) is 3.92. The molecule has 20 heavy (non-hydrogen) atoms. The van der Waals surface area contributed by atoms with Crippen LogP contribution in [0.1, 0.15) is 40.5 Å². The van der Waals surface area contributed by atoms with E-state index < -0.39 is 0 Å². The molecule has 3 heteroatoms. The lowest BCUT2D eigenvalue weighted by Gasteiger charge is -2.38. The molecule has 3 N–H and O–H groups in total. The Hall–Kier alpha value is -2.16. The lowest BCUT2D eigenvalue weighted by molar-refractivity contribution is 0.395. The molecule has 2 aromatic rings. The van der Waals surface area contributed by atoms with Crippen molar-refractivity contribution in [3.8, 4) is 17.2 Å². The van der Waals surface area contributed by atoms with E-state index in [0.717, 1.165) is 30.4 Å². The summed E-state index contributed by atoms with van der Waals surface area (Å²) in [5, 5.41) is 29.1. The van der Waals surface area contributed by atoms with Crippen LogP contribution in [0.2, 0.25) is 0 Å². The van der Waals surface area contributed by atoms with E-state index in [-0.39, 0.29) is 11.5 Å². The van der Waals surface area contributed by atoms with Gasteiger partial charge in [-0.25, -0.2) is 0 Å². The number of hydrogen-bond acceptors (Lipinski definition) is 3. The summed E-state index contributed by atoms with van der Waals surface area (Å²) < 4.78 is 0. The van der Waals surface area contributed by atoms with Gasteiger partial charge in [-0.05, 0) is 77.6 Å².